The molecule has 7 heteroatoms. The zero-order valence-corrected chi connectivity index (χ0v) is 16.2. The lowest BCUT2D eigenvalue weighted by Gasteiger charge is -2.11. The van der Waals surface area contributed by atoms with Crippen LogP contribution in [-0.4, -0.2) is 30.8 Å². The first-order chi connectivity index (χ1) is 14.5. The van der Waals surface area contributed by atoms with Gasteiger partial charge < -0.3 is 24.9 Å². The van der Waals surface area contributed by atoms with E-state index < -0.39 is 18.1 Å². The lowest BCUT2D eigenvalue weighted by Crippen LogP contribution is -2.32. The number of benzene rings is 2. The van der Waals surface area contributed by atoms with Crippen molar-refractivity contribution in [2.75, 3.05) is 19.0 Å². The SMILES string of the molecule is COC(=O)c1cccc(C#Cc2cccc(NC(=O)NCC(O)c3ccco3)c2)c1. The summed E-state index contributed by atoms with van der Waals surface area (Å²) in [5, 5.41) is 15.2. The Bertz CT molecular complexity index is 1080. The molecule has 3 rings (SSSR count). The highest BCUT2D eigenvalue weighted by atomic mass is 16.5. The van der Waals surface area contributed by atoms with Gasteiger partial charge in [0.25, 0.3) is 0 Å². The predicted octanol–water partition coefficient (Wildman–Crippen LogP) is 3.32. The van der Waals surface area contributed by atoms with Gasteiger partial charge in [-0.2, -0.15) is 0 Å². The van der Waals surface area contributed by atoms with E-state index in [2.05, 4.69) is 22.5 Å². The van der Waals surface area contributed by atoms with E-state index in [0.717, 1.165) is 0 Å². The fraction of sp³-hybridized carbons (Fsp3) is 0.130. The van der Waals surface area contributed by atoms with Gasteiger partial charge in [0, 0.05) is 16.8 Å². The molecule has 7 nitrogen and oxygen atoms in total. The van der Waals surface area contributed by atoms with Gasteiger partial charge in [0.2, 0.25) is 0 Å². The molecule has 2 aromatic carbocycles. The van der Waals surface area contributed by atoms with Crippen LogP contribution in [-0.2, 0) is 4.74 Å². The first kappa shape index (κ1) is 20.7. The van der Waals surface area contributed by atoms with Gasteiger partial charge in [-0.3, -0.25) is 0 Å². The molecule has 3 N–H and O–H groups in total. The normalized spacial score (nSPS) is 11.0. The maximum Gasteiger partial charge on any atom is 0.337 e. The van der Waals surface area contributed by atoms with Gasteiger partial charge >= 0.3 is 12.0 Å². The van der Waals surface area contributed by atoms with Gasteiger partial charge in [0.15, 0.2) is 0 Å². The lowest BCUT2D eigenvalue weighted by atomic mass is 10.1. The Hall–Kier alpha value is -4.02. The first-order valence-corrected chi connectivity index (χ1v) is 9.12. The minimum Gasteiger partial charge on any atom is -0.467 e. The molecule has 3 aromatic rings. The molecule has 0 saturated heterocycles. The Morgan fingerprint density at radius 2 is 1.80 bits per heavy atom. The Balaban J connectivity index is 1.61. The Labute approximate surface area is 173 Å². The molecule has 0 aliphatic heterocycles. The summed E-state index contributed by atoms with van der Waals surface area (Å²) < 4.78 is 9.80. The predicted molar refractivity (Wildman–Crippen MR) is 111 cm³/mol. The Morgan fingerprint density at radius 3 is 2.50 bits per heavy atom. The molecule has 1 unspecified atom stereocenters. The van der Waals surface area contributed by atoms with Crippen molar-refractivity contribution in [1.82, 2.24) is 5.32 Å². The minimum atomic E-state index is -0.927. The molecular formula is C23H20N2O5. The number of carbonyl (C=O) groups excluding carboxylic acids is 2. The van der Waals surface area contributed by atoms with Gasteiger partial charge in [-0.1, -0.05) is 24.0 Å². The summed E-state index contributed by atoms with van der Waals surface area (Å²) in [5.74, 6) is 5.94. The number of nitrogens with one attached hydrogen (secondary N) is 2. The number of ether oxygens (including phenoxy) is 1. The molecule has 1 aromatic heterocycles. The smallest absolute Gasteiger partial charge is 0.337 e. The second kappa shape index (κ2) is 9.96. The summed E-state index contributed by atoms with van der Waals surface area (Å²) in [6.07, 6.45) is 0.528. The number of anilines is 1. The van der Waals surface area contributed by atoms with Crippen molar-refractivity contribution in [3.05, 3.63) is 89.4 Å². The van der Waals surface area contributed by atoms with Gasteiger partial charge in [-0.05, 0) is 48.5 Å². The highest BCUT2D eigenvalue weighted by Crippen LogP contribution is 2.13. The van der Waals surface area contributed by atoms with Crippen molar-refractivity contribution in [3.63, 3.8) is 0 Å². The Kier molecular flexibility index (Phi) is 6.87. The molecule has 1 heterocycles. The molecule has 0 spiro atoms. The summed E-state index contributed by atoms with van der Waals surface area (Å²) in [4.78, 5) is 23.7. The van der Waals surface area contributed by atoms with Crippen molar-refractivity contribution in [2.24, 2.45) is 0 Å². The van der Waals surface area contributed by atoms with E-state index in [4.69, 9.17) is 9.15 Å². The van der Waals surface area contributed by atoms with Crippen LogP contribution in [0.3, 0.4) is 0 Å². The zero-order chi connectivity index (χ0) is 21.3. The molecule has 0 fully saturated rings. The van der Waals surface area contributed by atoms with Crippen LogP contribution in [0.25, 0.3) is 0 Å². The third kappa shape index (κ3) is 5.74. The van der Waals surface area contributed by atoms with E-state index in [1.807, 2.05) is 0 Å². The summed E-state index contributed by atoms with van der Waals surface area (Å²) in [5.41, 5.74) is 2.33. The minimum absolute atomic E-state index is 0.00930. The maximum absolute atomic E-state index is 12.1. The molecule has 30 heavy (non-hydrogen) atoms. The van der Waals surface area contributed by atoms with Crippen molar-refractivity contribution < 1.29 is 23.8 Å². The summed E-state index contributed by atoms with van der Waals surface area (Å²) in [6, 6.07) is 16.7. The lowest BCUT2D eigenvalue weighted by molar-refractivity contribution is 0.0600. The standard InChI is InChI=1S/C23H20N2O5/c1-29-22(27)18-7-2-5-16(13-18)10-11-17-6-3-8-19(14-17)25-23(28)24-15-20(26)21-9-4-12-30-21/h2-9,12-14,20,26H,15H2,1H3,(H2,24,25,28). The topological polar surface area (TPSA) is 101 Å². The summed E-state index contributed by atoms with van der Waals surface area (Å²) in [7, 11) is 1.33. The van der Waals surface area contributed by atoms with Crippen molar-refractivity contribution in [2.45, 2.75) is 6.10 Å². The fourth-order valence-electron chi connectivity index (χ4n) is 2.61. The maximum atomic E-state index is 12.1. The molecule has 2 amide bonds. The van der Waals surface area contributed by atoms with Gasteiger partial charge in [-0.25, -0.2) is 9.59 Å². The van der Waals surface area contributed by atoms with Gasteiger partial charge in [-0.15, -0.1) is 0 Å². The van der Waals surface area contributed by atoms with Crippen LogP contribution in [0.4, 0.5) is 10.5 Å². The number of urea groups is 1. The van der Waals surface area contributed by atoms with E-state index in [1.54, 1.807) is 60.7 Å². The van der Waals surface area contributed by atoms with Crippen LogP contribution in [0, 0.1) is 11.8 Å². The van der Waals surface area contributed by atoms with E-state index in [9.17, 15) is 14.7 Å². The number of carbonyl (C=O) groups is 2. The number of aliphatic hydroxyl groups excluding tert-OH is 1. The second-order valence-electron chi connectivity index (χ2n) is 6.27. The molecular weight excluding hydrogens is 384 g/mol. The third-order valence-electron chi connectivity index (χ3n) is 4.08. The molecule has 0 radical (unpaired) electrons. The molecule has 0 saturated carbocycles. The average Bonchev–Trinajstić information content (AvgIpc) is 3.31. The van der Waals surface area contributed by atoms with E-state index in [1.165, 1.54) is 13.4 Å². The quantitative estimate of drug-likeness (QED) is 0.447. The number of rotatable bonds is 5. The molecule has 152 valence electrons. The van der Waals surface area contributed by atoms with E-state index in [0.29, 0.717) is 28.1 Å². The van der Waals surface area contributed by atoms with Crippen LogP contribution < -0.4 is 10.6 Å². The highest BCUT2D eigenvalue weighted by molar-refractivity contribution is 5.90. The van der Waals surface area contributed by atoms with Crippen molar-refractivity contribution in [3.8, 4) is 11.8 Å². The van der Waals surface area contributed by atoms with Gasteiger partial charge in [0.1, 0.15) is 11.9 Å². The molecule has 1 atom stereocenters. The van der Waals surface area contributed by atoms with Crippen molar-refractivity contribution in [1.29, 1.82) is 0 Å². The number of methoxy groups -OCH3 is 1. The van der Waals surface area contributed by atoms with Crippen molar-refractivity contribution >= 4 is 17.7 Å². The number of hydrogen-bond donors (Lipinski definition) is 3. The van der Waals surface area contributed by atoms with Gasteiger partial charge in [0.05, 0.1) is 25.5 Å². The molecule has 0 aliphatic carbocycles. The number of esters is 1. The second-order valence-corrected chi connectivity index (χ2v) is 6.27. The Morgan fingerprint density at radius 1 is 1.07 bits per heavy atom. The zero-order valence-electron chi connectivity index (χ0n) is 16.2. The molecule has 0 aliphatic rings. The average molecular weight is 404 g/mol. The van der Waals surface area contributed by atoms with Crippen LogP contribution in [0.1, 0.15) is 33.3 Å². The largest absolute Gasteiger partial charge is 0.467 e. The number of furan rings is 1. The molecule has 0 bridgehead atoms. The third-order valence-corrected chi connectivity index (χ3v) is 4.08. The first-order valence-electron chi connectivity index (χ1n) is 9.12. The number of amides is 2. The summed E-state index contributed by atoms with van der Waals surface area (Å²) >= 11 is 0. The van der Waals surface area contributed by atoms with Crippen LogP contribution in [0.15, 0.2) is 71.3 Å². The highest BCUT2D eigenvalue weighted by Gasteiger charge is 2.12. The van der Waals surface area contributed by atoms with Crippen LogP contribution in [0.2, 0.25) is 0 Å². The van der Waals surface area contributed by atoms with Crippen LogP contribution in [0.5, 0.6) is 0 Å². The monoisotopic (exact) mass is 404 g/mol. The number of aliphatic hydroxyl groups is 1. The number of hydrogen-bond acceptors (Lipinski definition) is 5. The van der Waals surface area contributed by atoms with Crippen LogP contribution >= 0.6 is 0 Å². The summed E-state index contributed by atoms with van der Waals surface area (Å²) in [6.45, 7) is 0.00930. The van der Waals surface area contributed by atoms with E-state index in [-0.39, 0.29) is 6.54 Å². The van der Waals surface area contributed by atoms with E-state index >= 15 is 0 Å². The fourth-order valence-corrected chi connectivity index (χ4v) is 2.61.